The maximum absolute atomic E-state index is 13.9. The molecule has 0 heterocycles. The van der Waals surface area contributed by atoms with Crippen molar-refractivity contribution in [3.63, 3.8) is 0 Å². The van der Waals surface area contributed by atoms with Crippen molar-refractivity contribution >= 4 is 50.5 Å². The molecule has 0 aromatic heterocycles. The van der Waals surface area contributed by atoms with Crippen LogP contribution in [0.25, 0.3) is 0 Å². The summed E-state index contributed by atoms with van der Waals surface area (Å²) in [5.41, 5.74) is -0.0618. The molecule has 9 heteroatoms. The van der Waals surface area contributed by atoms with Crippen LogP contribution in [0.1, 0.15) is 0 Å². The summed E-state index contributed by atoms with van der Waals surface area (Å²) in [7, 11) is -3.88. The largest absolute Gasteiger partial charge is 0.322 e. The van der Waals surface area contributed by atoms with E-state index in [1.165, 1.54) is 30.3 Å². The van der Waals surface area contributed by atoms with Gasteiger partial charge < -0.3 is 5.32 Å². The molecule has 0 aliphatic heterocycles. The van der Waals surface area contributed by atoms with Crippen molar-refractivity contribution in [1.29, 1.82) is 0 Å². The van der Waals surface area contributed by atoms with E-state index in [0.29, 0.717) is 4.31 Å². The average molecular weight is 391 g/mol. The molecule has 24 heavy (non-hydrogen) atoms. The second-order valence-electron chi connectivity index (χ2n) is 4.87. The number of carbonyl (C=O) groups is 1. The predicted octanol–water partition coefficient (Wildman–Crippen LogP) is 3.54. The molecule has 0 unspecified atom stereocenters. The standard InChI is InChI=1S/C15H13Cl2FN2O3S/c1-24(22,23)20(13-8-3-2-7-12(13)18)9-14(21)19-15-10(16)5-4-6-11(15)17/h2-8H,9H2,1H3,(H,19,21). The van der Waals surface area contributed by atoms with Gasteiger partial charge in [0.1, 0.15) is 12.4 Å². The fraction of sp³-hybridized carbons (Fsp3) is 0.133. The second kappa shape index (κ2) is 7.38. The van der Waals surface area contributed by atoms with Gasteiger partial charge in [-0.2, -0.15) is 0 Å². The summed E-state index contributed by atoms with van der Waals surface area (Å²) in [6.07, 6.45) is 0.884. The minimum absolute atomic E-state index is 0.160. The molecule has 5 nitrogen and oxygen atoms in total. The molecule has 128 valence electrons. The molecule has 0 saturated carbocycles. The van der Waals surface area contributed by atoms with Gasteiger partial charge in [-0.3, -0.25) is 9.10 Å². The zero-order valence-electron chi connectivity index (χ0n) is 12.5. The van der Waals surface area contributed by atoms with E-state index in [1.54, 1.807) is 6.07 Å². The highest BCUT2D eigenvalue weighted by molar-refractivity contribution is 7.92. The Kier molecular flexibility index (Phi) is 5.69. The maximum Gasteiger partial charge on any atom is 0.245 e. The highest BCUT2D eigenvalue weighted by Gasteiger charge is 2.24. The molecule has 2 aromatic carbocycles. The Morgan fingerprint density at radius 1 is 1.12 bits per heavy atom. The maximum atomic E-state index is 13.9. The molecule has 2 aromatic rings. The highest BCUT2D eigenvalue weighted by atomic mass is 35.5. The predicted molar refractivity (Wildman–Crippen MR) is 93.7 cm³/mol. The third-order valence-corrected chi connectivity index (χ3v) is 4.79. The lowest BCUT2D eigenvalue weighted by Crippen LogP contribution is -2.38. The summed E-state index contributed by atoms with van der Waals surface area (Å²) < 4.78 is 38.4. The van der Waals surface area contributed by atoms with Crippen molar-refractivity contribution in [2.24, 2.45) is 0 Å². The van der Waals surface area contributed by atoms with Crippen LogP contribution in [0.3, 0.4) is 0 Å². The van der Waals surface area contributed by atoms with Gasteiger partial charge in [0, 0.05) is 0 Å². The van der Waals surface area contributed by atoms with Crippen molar-refractivity contribution in [3.8, 4) is 0 Å². The molecule has 0 radical (unpaired) electrons. The van der Waals surface area contributed by atoms with Gasteiger partial charge in [0.15, 0.2) is 0 Å². The molecule has 1 amide bonds. The van der Waals surface area contributed by atoms with E-state index in [4.69, 9.17) is 23.2 Å². The third kappa shape index (κ3) is 4.37. The minimum atomic E-state index is -3.88. The molecule has 0 aliphatic carbocycles. The molecule has 0 fully saturated rings. The number of rotatable bonds is 5. The summed E-state index contributed by atoms with van der Waals surface area (Å²) in [6, 6.07) is 9.91. The smallest absolute Gasteiger partial charge is 0.245 e. The number of amides is 1. The normalized spacial score (nSPS) is 11.2. The van der Waals surface area contributed by atoms with Crippen LogP contribution in [-0.4, -0.2) is 27.1 Å². The summed E-state index contributed by atoms with van der Waals surface area (Å²) in [5, 5.41) is 2.84. The Balaban J connectivity index is 2.28. The number of hydrogen-bond acceptors (Lipinski definition) is 3. The number of benzene rings is 2. The highest BCUT2D eigenvalue weighted by Crippen LogP contribution is 2.30. The van der Waals surface area contributed by atoms with Crippen LogP contribution in [0.15, 0.2) is 42.5 Å². The van der Waals surface area contributed by atoms with Crippen LogP contribution in [0.2, 0.25) is 10.0 Å². The second-order valence-corrected chi connectivity index (χ2v) is 7.59. The van der Waals surface area contributed by atoms with Crippen LogP contribution in [0, 0.1) is 5.82 Å². The first kappa shape index (κ1) is 18.5. The summed E-state index contributed by atoms with van der Waals surface area (Å²) >= 11 is 11.9. The number of carbonyl (C=O) groups excluding carboxylic acids is 1. The van der Waals surface area contributed by atoms with Gasteiger partial charge in [-0.25, -0.2) is 12.8 Å². The van der Waals surface area contributed by atoms with Gasteiger partial charge in [0.05, 0.1) is 27.7 Å². The lowest BCUT2D eigenvalue weighted by atomic mass is 10.3. The first-order chi connectivity index (χ1) is 11.2. The Morgan fingerprint density at radius 2 is 1.71 bits per heavy atom. The van der Waals surface area contributed by atoms with E-state index in [-0.39, 0.29) is 21.4 Å². The van der Waals surface area contributed by atoms with Crippen LogP contribution in [0.4, 0.5) is 15.8 Å². The fourth-order valence-electron chi connectivity index (χ4n) is 1.96. The monoisotopic (exact) mass is 390 g/mol. The van der Waals surface area contributed by atoms with E-state index < -0.39 is 28.3 Å². The van der Waals surface area contributed by atoms with Gasteiger partial charge in [-0.05, 0) is 24.3 Å². The van der Waals surface area contributed by atoms with E-state index >= 15 is 0 Å². The van der Waals surface area contributed by atoms with Gasteiger partial charge >= 0.3 is 0 Å². The number of para-hydroxylation sites is 2. The van der Waals surface area contributed by atoms with Crippen molar-refractivity contribution in [1.82, 2.24) is 0 Å². The number of sulfonamides is 1. The third-order valence-electron chi connectivity index (χ3n) is 3.04. The number of anilines is 2. The number of halogens is 3. The quantitative estimate of drug-likeness (QED) is 0.848. The SMILES string of the molecule is CS(=O)(=O)N(CC(=O)Nc1c(Cl)cccc1Cl)c1ccccc1F. The van der Waals surface area contributed by atoms with Gasteiger partial charge in [0.2, 0.25) is 15.9 Å². The van der Waals surface area contributed by atoms with E-state index in [9.17, 15) is 17.6 Å². The molecule has 0 atom stereocenters. The molecular formula is C15H13Cl2FN2O3S. The number of hydrogen-bond donors (Lipinski definition) is 1. The van der Waals surface area contributed by atoms with Gasteiger partial charge in [-0.1, -0.05) is 41.4 Å². The van der Waals surface area contributed by atoms with Crippen LogP contribution >= 0.6 is 23.2 Å². The van der Waals surface area contributed by atoms with Crippen molar-refractivity contribution < 1.29 is 17.6 Å². The van der Waals surface area contributed by atoms with Gasteiger partial charge in [0.25, 0.3) is 0 Å². The molecule has 2 rings (SSSR count). The first-order valence-corrected chi connectivity index (χ1v) is 9.26. The van der Waals surface area contributed by atoms with Crippen molar-refractivity contribution in [2.45, 2.75) is 0 Å². The summed E-state index contributed by atoms with van der Waals surface area (Å²) in [4.78, 5) is 12.2. The van der Waals surface area contributed by atoms with E-state index in [0.717, 1.165) is 12.3 Å². The van der Waals surface area contributed by atoms with E-state index in [2.05, 4.69) is 5.32 Å². The topological polar surface area (TPSA) is 66.5 Å². The summed E-state index contributed by atoms with van der Waals surface area (Å²) in [5.74, 6) is -1.47. The first-order valence-electron chi connectivity index (χ1n) is 6.66. The van der Waals surface area contributed by atoms with E-state index in [1.807, 2.05) is 0 Å². The van der Waals surface area contributed by atoms with Crippen LogP contribution in [-0.2, 0) is 14.8 Å². The zero-order chi connectivity index (χ0) is 17.9. The Morgan fingerprint density at radius 3 is 2.25 bits per heavy atom. The lowest BCUT2D eigenvalue weighted by Gasteiger charge is -2.22. The summed E-state index contributed by atoms with van der Waals surface area (Å²) in [6.45, 7) is -0.624. The molecule has 0 bridgehead atoms. The van der Waals surface area contributed by atoms with Crippen molar-refractivity contribution in [2.75, 3.05) is 22.4 Å². The molecule has 1 N–H and O–H groups in total. The van der Waals surface area contributed by atoms with Crippen LogP contribution in [0.5, 0.6) is 0 Å². The number of nitrogens with zero attached hydrogens (tertiary/aromatic N) is 1. The molecule has 0 spiro atoms. The van der Waals surface area contributed by atoms with Crippen molar-refractivity contribution in [3.05, 3.63) is 58.3 Å². The average Bonchev–Trinajstić information content (AvgIpc) is 2.48. The lowest BCUT2D eigenvalue weighted by molar-refractivity contribution is -0.114. The molecule has 0 saturated heterocycles. The van der Waals surface area contributed by atoms with Crippen LogP contribution < -0.4 is 9.62 Å². The minimum Gasteiger partial charge on any atom is -0.322 e. The zero-order valence-corrected chi connectivity index (χ0v) is 14.8. The van der Waals surface area contributed by atoms with Gasteiger partial charge in [-0.15, -0.1) is 0 Å². The molecular weight excluding hydrogens is 378 g/mol. The molecule has 0 aliphatic rings. The Labute approximate surface area is 149 Å². The Hall–Kier alpha value is -1.83. The Bertz CT molecular complexity index is 855. The number of nitrogens with one attached hydrogen (secondary N) is 1. The fourth-order valence-corrected chi connectivity index (χ4v) is 3.31.